The van der Waals surface area contributed by atoms with Crippen molar-refractivity contribution in [2.75, 3.05) is 6.54 Å². The number of alkyl halides is 3. The van der Waals surface area contributed by atoms with Crippen LogP contribution in [-0.2, 0) is 12.7 Å². The maximum absolute atomic E-state index is 13.0. The number of rotatable bonds is 4. The van der Waals surface area contributed by atoms with Crippen LogP contribution in [0.5, 0.6) is 0 Å². The molecule has 1 aromatic carbocycles. The van der Waals surface area contributed by atoms with Crippen LogP contribution in [0.15, 0.2) is 18.2 Å². The Kier molecular flexibility index (Phi) is 4.91. The quantitative estimate of drug-likeness (QED) is 0.780. The standard InChI is InChI=1S/C16H21F4N/c1-15(7-3-2-4-8-15)11-21-10-12-5-6-13(17)9-14(12)16(18,19)20/h5-6,9,21H,2-4,7-8,10-11H2,1H3. The number of halogens is 4. The molecule has 1 saturated carbocycles. The zero-order valence-corrected chi connectivity index (χ0v) is 12.2. The summed E-state index contributed by atoms with van der Waals surface area (Å²) in [5, 5.41) is 3.12. The van der Waals surface area contributed by atoms with Gasteiger partial charge in [-0.3, -0.25) is 0 Å². The predicted molar refractivity (Wildman–Crippen MR) is 74.3 cm³/mol. The fourth-order valence-electron chi connectivity index (χ4n) is 3.05. The van der Waals surface area contributed by atoms with Crippen molar-refractivity contribution in [2.45, 2.75) is 51.7 Å². The van der Waals surface area contributed by atoms with Crippen molar-refractivity contribution in [1.29, 1.82) is 0 Å². The van der Waals surface area contributed by atoms with Crippen LogP contribution in [-0.4, -0.2) is 6.54 Å². The lowest BCUT2D eigenvalue weighted by atomic mass is 9.76. The van der Waals surface area contributed by atoms with E-state index in [4.69, 9.17) is 0 Å². The Morgan fingerprint density at radius 3 is 2.43 bits per heavy atom. The molecule has 0 bridgehead atoms. The van der Waals surface area contributed by atoms with Crippen LogP contribution in [0.4, 0.5) is 17.6 Å². The lowest BCUT2D eigenvalue weighted by molar-refractivity contribution is -0.138. The van der Waals surface area contributed by atoms with E-state index in [1.807, 2.05) is 0 Å². The minimum absolute atomic E-state index is 0.100. The third kappa shape index (κ3) is 4.43. The maximum atomic E-state index is 13.0. The molecule has 0 amide bonds. The molecule has 1 fully saturated rings. The molecule has 0 spiro atoms. The molecule has 0 heterocycles. The first-order chi connectivity index (χ1) is 9.80. The van der Waals surface area contributed by atoms with Gasteiger partial charge in [-0.1, -0.05) is 32.3 Å². The highest BCUT2D eigenvalue weighted by Crippen LogP contribution is 2.35. The van der Waals surface area contributed by atoms with Crippen molar-refractivity contribution in [1.82, 2.24) is 5.32 Å². The first-order valence-electron chi connectivity index (χ1n) is 7.37. The lowest BCUT2D eigenvalue weighted by Crippen LogP contribution is -2.33. The summed E-state index contributed by atoms with van der Waals surface area (Å²) >= 11 is 0. The van der Waals surface area contributed by atoms with E-state index in [1.165, 1.54) is 25.3 Å². The molecule has 0 unspecified atom stereocenters. The molecule has 0 atom stereocenters. The van der Waals surface area contributed by atoms with Gasteiger partial charge in [0, 0.05) is 13.1 Å². The highest BCUT2D eigenvalue weighted by atomic mass is 19.4. The zero-order valence-electron chi connectivity index (χ0n) is 12.2. The second kappa shape index (κ2) is 6.34. The van der Waals surface area contributed by atoms with Gasteiger partial charge in [0.05, 0.1) is 5.56 Å². The summed E-state index contributed by atoms with van der Waals surface area (Å²) < 4.78 is 51.7. The third-order valence-corrected chi connectivity index (χ3v) is 4.31. The minimum Gasteiger partial charge on any atom is -0.312 e. The normalized spacial score (nSPS) is 18.7. The van der Waals surface area contributed by atoms with E-state index >= 15 is 0 Å². The Morgan fingerprint density at radius 2 is 1.81 bits per heavy atom. The van der Waals surface area contributed by atoms with Gasteiger partial charge in [0.15, 0.2) is 0 Å². The van der Waals surface area contributed by atoms with Crippen molar-refractivity contribution >= 4 is 0 Å². The fraction of sp³-hybridized carbons (Fsp3) is 0.625. The molecule has 21 heavy (non-hydrogen) atoms. The summed E-state index contributed by atoms with van der Waals surface area (Å²) in [6.45, 7) is 2.99. The summed E-state index contributed by atoms with van der Waals surface area (Å²) in [5.74, 6) is -0.856. The molecule has 1 nitrogen and oxygen atoms in total. The molecule has 1 N–H and O–H groups in total. The topological polar surface area (TPSA) is 12.0 Å². The molecule has 0 aromatic heterocycles. The van der Waals surface area contributed by atoms with Crippen molar-refractivity contribution in [2.24, 2.45) is 5.41 Å². The van der Waals surface area contributed by atoms with Crippen LogP contribution >= 0.6 is 0 Å². The van der Waals surface area contributed by atoms with Crippen molar-refractivity contribution in [3.8, 4) is 0 Å². The van der Waals surface area contributed by atoms with Crippen molar-refractivity contribution in [3.05, 3.63) is 35.1 Å². The predicted octanol–water partition coefficient (Wildman–Crippen LogP) is 4.90. The van der Waals surface area contributed by atoms with E-state index in [0.29, 0.717) is 12.6 Å². The van der Waals surface area contributed by atoms with Gasteiger partial charge >= 0.3 is 6.18 Å². The number of nitrogens with one attached hydrogen (secondary N) is 1. The van der Waals surface area contributed by atoms with Gasteiger partial charge in [-0.15, -0.1) is 0 Å². The van der Waals surface area contributed by atoms with E-state index in [0.717, 1.165) is 18.9 Å². The van der Waals surface area contributed by atoms with Gasteiger partial charge in [0.25, 0.3) is 0 Å². The van der Waals surface area contributed by atoms with Gasteiger partial charge in [-0.25, -0.2) is 4.39 Å². The molecule has 5 heteroatoms. The second-order valence-electron chi connectivity index (χ2n) is 6.27. The first-order valence-corrected chi connectivity index (χ1v) is 7.37. The highest BCUT2D eigenvalue weighted by Gasteiger charge is 2.34. The Balaban J connectivity index is 2.00. The van der Waals surface area contributed by atoms with Crippen LogP contribution in [0.1, 0.15) is 50.2 Å². The Labute approximate surface area is 122 Å². The van der Waals surface area contributed by atoms with Gasteiger partial charge in [-0.2, -0.15) is 13.2 Å². The lowest BCUT2D eigenvalue weighted by Gasteiger charge is -2.34. The Hall–Kier alpha value is -1.10. The fourth-order valence-corrected chi connectivity index (χ4v) is 3.05. The van der Waals surface area contributed by atoms with Crippen molar-refractivity contribution in [3.63, 3.8) is 0 Å². The minimum atomic E-state index is -4.52. The van der Waals surface area contributed by atoms with Gasteiger partial charge in [0.1, 0.15) is 5.82 Å². The Bertz CT molecular complexity index is 476. The van der Waals surface area contributed by atoms with Crippen molar-refractivity contribution < 1.29 is 17.6 Å². The molecule has 2 rings (SSSR count). The average molecular weight is 303 g/mol. The third-order valence-electron chi connectivity index (χ3n) is 4.31. The molecular formula is C16H21F4N. The largest absolute Gasteiger partial charge is 0.416 e. The molecular weight excluding hydrogens is 282 g/mol. The van der Waals surface area contributed by atoms with E-state index in [1.54, 1.807) is 0 Å². The van der Waals surface area contributed by atoms with Gasteiger partial charge in [-0.05, 0) is 36.0 Å². The summed E-state index contributed by atoms with van der Waals surface area (Å²) in [5.41, 5.74) is -0.622. The van der Waals surface area contributed by atoms with Crippen LogP contribution in [0.25, 0.3) is 0 Å². The summed E-state index contributed by atoms with van der Waals surface area (Å²) in [6, 6.07) is 2.86. The number of hydrogen-bond acceptors (Lipinski definition) is 1. The highest BCUT2D eigenvalue weighted by molar-refractivity contribution is 5.30. The van der Waals surface area contributed by atoms with Crippen LogP contribution < -0.4 is 5.32 Å². The van der Waals surface area contributed by atoms with Crippen LogP contribution in [0.2, 0.25) is 0 Å². The average Bonchev–Trinajstić information content (AvgIpc) is 2.40. The van der Waals surface area contributed by atoms with E-state index in [9.17, 15) is 17.6 Å². The SMILES string of the molecule is CC1(CNCc2ccc(F)cc2C(F)(F)F)CCCCC1. The molecule has 0 aliphatic heterocycles. The Morgan fingerprint density at radius 1 is 1.14 bits per heavy atom. The molecule has 1 aliphatic carbocycles. The van der Waals surface area contributed by atoms with Gasteiger partial charge in [0.2, 0.25) is 0 Å². The summed E-state index contributed by atoms with van der Waals surface area (Å²) in [4.78, 5) is 0. The number of benzene rings is 1. The van der Waals surface area contributed by atoms with Gasteiger partial charge < -0.3 is 5.32 Å². The number of hydrogen-bond donors (Lipinski definition) is 1. The van der Waals surface area contributed by atoms with E-state index in [2.05, 4.69) is 12.2 Å². The van der Waals surface area contributed by atoms with E-state index in [-0.39, 0.29) is 17.5 Å². The van der Waals surface area contributed by atoms with Crippen LogP contribution in [0, 0.1) is 11.2 Å². The maximum Gasteiger partial charge on any atom is 0.416 e. The van der Waals surface area contributed by atoms with E-state index < -0.39 is 17.6 Å². The molecule has 1 aliphatic rings. The smallest absolute Gasteiger partial charge is 0.312 e. The molecule has 1 aromatic rings. The second-order valence-corrected chi connectivity index (χ2v) is 6.27. The molecule has 0 radical (unpaired) electrons. The molecule has 118 valence electrons. The summed E-state index contributed by atoms with van der Waals surface area (Å²) in [6.07, 6.45) is 1.30. The monoisotopic (exact) mass is 303 g/mol. The molecule has 0 saturated heterocycles. The zero-order chi connectivity index (χ0) is 15.5. The summed E-state index contributed by atoms with van der Waals surface area (Å²) in [7, 11) is 0. The first kappa shape index (κ1) is 16.3. The van der Waals surface area contributed by atoms with Crippen LogP contribution in [0.3, 0.4) is 0 Å².